The Morgan fingerprint density at radius 3 is 2.93 bits per heavy atom. The molecule has 1 aromatic rings. The SMILES string of the molecule is CC1CCC(NC(=O)c2csc(Br)c2)C1. The molecule has 1 aliphatic carbocycles. The van der Waals surface area contributed by atoms with E-state index in [1.54, 1.807) is 11.3 Å². The van der Waals surface area contributed by atoms with Gasteiger partial charge in [-0.25, -0.2) is 0 Å². The molecule has 1 amide bonds. The first-order chi connectivity index (χ1) is 7.15. The summed E-state index contributed by atoms with van der Waals surface area (Å²) in [7, 11) is 0. The summed E-state index contributed by atoms with van der Waals surface area (Å²) >= 11 is 4.91. The molecule has 1 heterocycles. The van der Waals surface area contributed by atoms with Gasteiger partial charge in [0.15, 0.2) is 0 Å². The number of rotatable bonds is 2. The highest BCUT2D eigenvalue weighted by Crippen LogP contribution is 2.25. The second-order valence-electron chi connectivity index (χ2n) is 4.23. The van der Waals surface area contributed by atoms with Gasteiger partial charge in [0.1, 0.15) is 0 Å². The summed E-state index contributed by atoms with van der Waals surface area (Å²) in [5.41, 5.74) is 0.770. The number of amides is 1. The Hall–Kier alpha value is -0.350. The van der Waals surface area contributed by atoms with Crippen LogP contribution >= 0.6 is 27.3 Å². The van der Waals surface area contributed by atoms with E-state index in [9.17, 15) is 4.79 Å². The predicted octanol–water partition coefficient (Wildman–Crippen LogP) is 3.43. The molecule has 1 aliphatic rings. The van der Waals surface area contributed by atoms with Crippen molar-refractivity contribution in [3.05, 3.63) is 20.8 Å². The molecule has 1 saturated carbocycles. The van der Waals surface area contributed by atoms with E-state index in [2.05, 4.69) is 28.2 Å². The zero-order valence-electron chi connectivity index (χ0n) is 8.63. The molecule has 2 nitrogen and oxygen atoms in total. The van der Waals surface area contributed by atoms with E-state index in [0.717, 1.165) is 28.1 Å². The van der Waals surface area contributed by atoms with Crippen molar-refractivity contribution in [2.75, 3.05) is 0 Å². The lowest BCUT2D eigenvalue weighted by molar-refractivity contribution is 0.0937. The third-order valence-electron chi connectivity index (χ3n) is 2.86. The quantitative estimate of drug-likeness (QED) is 0.887. The second kappa shape index (κ2) is 4.66. The highest BCUT2D eigenvalue weighted by Gasteiger charge is 2.23. The van der Waals surface area contributed by atoms with E-state index in [1.807, 2.05) is 11.4 Å². The minimum atomic E-state index is 0.0658. The van der Waals surface area contributed by atoms with Crippen molar-refractivity contribution in [3.8, 4) is 0 Å². The van der Waals surface area contributed by atoms with Crippen molar-refractivity contribution in [2.24, 2.45) is 5.92 Å². The van der Waals surface area contributed by atoms with Gasteiger partial charge in [-0.1, -0.05) is 6.92 Å². The van der Waals surface area contributed by atoms with Gasteiger partial charge in [0, 0.05) is 11.4 Å². The Labute approximate surface area is 102 Å². The maximum atomic E-state index is 11.8. The standard InChI is InChI=1S/C11H14BrNOS/c1-7-2-3-9(4-7)13-11(14)8-5-10(12)15-6-8/h5-7,9H,2-4H2,1H3,(H,13,14). The van der Waals surface area contributed by atoms with Crippen LogP contribution < -0.4 is 5.32 Å². The predicted molar refractivity (Wildman–Crippen MR) is 66.3 cm³/mol. The Kier molecular flexibility index (Phi) is 3.46. The Morgan fingerprint density at radius 2 is 2.40 bits per heavy atom. The van der Waals surface area contributed by atoms with Crippen molar-refractivity contribution >= 4 is 33.2 Å². The largest absolute Gasteiger partial charge is 0.349 e. The minimum absolute atomic E-state index is 0.0658. The fourth-order valence-electron chi connectivity index (χ4n) is 2.04. The number of halogens is 1. The number of nitrogens with one attached hydrogen (secondary N) is 1. The molecule has 1 N–H and O–H groups in total. The monoisotopic (exact) mass is 287 g/mol. The average Bonchev–Trinajstić information content (AvgIpc) is 2.75. The van der Waals surface area contributed by atoms with Gasteiger partial charge in [0.25, 0.3) is 5.91 Å². The van der Waals surface area contributed by atoms with Crippen molar-refractivity contribution in [2.45, 2.75) is 32.2 Å². The van der Waals surface area contributed by atoms with Crippen LogP contribution in [-0.4, -0.2) is 11.9 Å². The molecule has 4 heteroatoms. The van der Waals surface area contributed by atoms with Gasteiger partial charge in [-0.15, -0.1) is 11.3 Å². The lowest BCUT2D eigenvalue weighted by atomic mass is 10.1. The molecule has 1 fully saturated rings. The van der Waals surface area contributed by atoms with Gasteiger partial charge < -0.3 is 5.32 Å². The number of thiophene rings is 1. The molecular weight excluding hydrogens is 274 g/mol. The topological polar surface area (TPSA) is 29.1 Å². The first-order valence-electron chi connectivity index (χ1n) is 5.20. The van der Waals surface area contributed by atoms with Gasteiger partial charge in [-0.05, 0) is 47.2 Å². The van der Waals surface area contributed by atoms with Crippen LogP contribution in [0.4, 0.5) is 0 Å². The van der Waals surface area contributed by atoms with Crippen LogP contribution in [0.5, 0.6) is 0 Å². The summed E-state index contributed by atoms with van der Waals surface area (Å²) in [6.07, 6.45) is 3.48. The maximum Gasteiger partial charge on any atom is 0.252 e. The van der Waals surface area contributed by atoms with Crippen LogP contribution in [0.25, 0.3) is 0 Å². The molecule has 2 atom stereocenters. The molecule has 0 bridgehead atoms. The maximum absolute atomic E-state index is 11.8. The third kappa shape index (κ3) is 2.82. The van der Waals surface area contributed by atoms with Crippen molar-refractivity contribution in [1.29, 1.82) is 0 Å². The first-order valence-corrected chi connectivity index (χ1v) is 6.87. The molecular formula is C11H14BrNOS. The van der Waals surface area contributed by atoms with E-state index in [0.29, 0.717) is 6.04 Å². The first kappa shape index (κ1) is 11.1. The number of hydrogen-bond acceptors (Lipinski definition) is 2. The normalized spacial score (nSPS) is 25.5. The molecule has 0 saturated heterocycles. The highest BCUT2D eigenvalue weighted by atomic mass is 79.9. The van der Waals surface area contributed by atoms with E-state index in [4.69, 9.17) is 0 Å². The van der Waals surface area contributed by atoms with Crippen LogP contribution in [0.2, 0.25) is 0 Å². The van der Waals surface area contributed by atoms with Crippen LogP contribution in [0, 0.1) is 5.92 Å². The summed E-state index contributed by atoms with van der Waals surface area (Å²) in [6.45, 7) is 2.24. The Morgan fingerprint density at radius 1 is 1.60 bits per heavy atom. The average molecular weight is 288 g/mol. The van der Waals surface area contributed by atoms with Crippen LogP contribution in [-0.2, 0) is 0 Å². The van der Waals surface area contributed by atoms with Gasteiger partial charge in [0.05, 0.1) is 9.35 Å². The summed E-state index contributed by atoms with van der Waals surface area (Å²) in [6, 6.07) is 2.25. The summed E-state index contributed by atoms with van der Waals surface area (Å²) in [5.74, 6) is 0.820. The molecule has 0 aliphatic heterocycles. The number of hydrogen-bond donors (Lipinski definition) is 1. The minimum Gasteiger partial charge on any atom is -0.349 e. The molecule has 1 aromatic heterocycles. The zero-order valence-corrected chi connectivity index (χ0v) is 11.0. The zero-order chi connectivity index (χ0) is 10.8. The molecule has 2 rings (SSSR count). The summed E-state index contributed by atoms with van der Waals surface area (Å²) in [5, 5.41) is 4.97. The number of carbonyl (C=O) groups is 1. The van der Waals surface area contributed by atoms with Crippen molar-refractivity contribution in [1.82, 2.24) is 5.32 Å². The van der Waals surface area contributed by atoms with E-state index >= 15 is 0 Å². The summed E-state index contributed by atoms with van der Waals surface area (Å²) < 4.78 is 1.01. The van der Waals surface area contributed by atoms with E-state index < -0.39 is 0 Å². The molecule has 0 spiro atoms. The highest BCUT2D eigenvalue weighted by molar-refractivity contribution is 9.11. The summed E-state index contributed by atoms with van der Waals surface area (Å²) in [4.78, 5) is 11.8. The lowest BCUT2D eigenvalue weighted by Crippen LogP contribution is -2.32. The molecule has 82 valence electrons. The van der Waals surface area contributed by atoms with Crippen molar-refractivity contribution in [3.63, 3.8) is 0 Å². The molecule has 2 unspecified atom stereocenters. The van der Waals surface area contributed by atoms with E-state index in [1.165, 1.54) is 6.42 Å². The smallest absolute Gasteiger partial charge is 0.252 e. The second-order valence-corrected chi connectivity index (χ2v) is 6.52. The van der Waals surface area contributed by atoms with Crippen molar-refractivity contribution < 1.29 is 4.79 Å². The molecule has 0 aromatic carbocycles. The van der Waals surface area contributed by atoms with Gasteiger partial charge in [0.2, 0.25) is 0 Å². The molecule has 15 heavy (non-hydrogen) atoms. The fourth-order valence-corrected chi connectivity index (χ4v) is 3.17. The van der Waals surface area contributed by atoms with Gasteiger partial charge in [-0.3, -0.25) is 4.79 Å². The van der Waals surface area contributed by atoms with Crippen LogP contribution in [0.3, 0.4) is 0 Å². The van der Waals surface area contributed by atoms with Crippen LogP contribution in [0.1, 0.15) is 36.5 Å². The van der Waals surface area contributed by atoms with Crippen LogP contribution in [0.15, 0.2) is 15.2 Å². The van der Waals surface area contributed by atoms with E-state index in [-0.39, 0.29) is 5.91 Å². The number of carbonyl (C=O) groups excluding carboxylic acids is 1. The molecule has 0 radical (unpaired) electrons. The fraction of sp³-hybridized carbons (Fsp3) is 0.545. The Bertz CT molecular complexity index is 363. The van der Waals surface area contributed by atoms with Gasteiger partial charge >= 0.3 is 0 Å². The third-order valence-corrected chi connectivity index (χ3v) is 4.36. The Balaban J connectivity index is 1.92. The lowest BCUT2D eigenvalue weighted by Gasteiger charge is -2.11. The van der Waals surface area contributed by atoms with Gasteiger partial charge in [-0.2, -0.15) is 0 Å².